The van der Waals surface area contributed by atoms with Gasteiger partial charge in [0.1, 0.15) is 0 Å². The molecule has 0 spiro atoms. The fraction of sp³-hybridized carbons (Fsp3) is 0. The Hall–Kier alpha value is -7.36. The van der Waals surface area contributed by atoms with Gasteiger partial charge < -0.3 is 14.4 Å². The standard InChI is InChI=1S/C52H37N3/c1-4-15-41(16-5-1)53(42-17-6-2-7-18-42)45-33-35-46(36-34-45)54(43-19-8-3-9-20-43)44-29-24-38(25-30-44)39-26-31-47(32-27-39)55-50-23-13-12-22-49(50)52-48-21-11-10-14-40(48)28-37-51(52)55/h1-37H. The third-order valence-electron chi connectivity index (χ3n) is 10.6. The van der Waals surface area contributed by atoms with Crippen molar-refractivity contribution in [2.24, 2.45) is 0 Å². The smallest absolute Gasteiger partial charge is 0.0547 e. The Morgan fingerprint density at radius 1 is 0.273 bits per heavy atom. The average Bonchev–Trinajstić information content (AvgIpc) is 3.61. The predicted octanol–water partition coefficient (Wildman–Crippen LogP) is 14.5. The van der Waals surface area contributed by atoms with E-state index in [1.165, 1.54) is 43.7 Å². The number of para-hydroxylation sites is 4. The van der Waals surface area contributed by atoms with E-state index in [1.54, 1.807) is 0 Å². The van der Waals surface area contributed by atoms with Crippen LogP contribution in [0.4, 0.5) is 34.1 Å². The lowest BCUT2D eigenvalue weighted by atomic mass is 10.0. The van der Waals surface area contributed by atoms with Gasteiger partial charge in [-0.2, -0.15) is 0 Å². The summed E-state index contributed by atoms with van der Waals surface area (Å²) < 4.78 is 2.39. The number of nitrogens with zero attached hydrogens (tertiary/aromatic N) is 3. The second kappa shape index (κ2) is 13.9. The molecule has 10 rings (SSSR count). The Kier molecular flexibility index (Phi) is 8.16. The molecule has 0 aliphatic rings. The lowest BCUT2D eigenvalue weighted by Gasteiger charge is -2.28. The normalized spacial score (nSPS) is 11.3. The van der Waals surface area contributed by atoms with Crippen molar-refractivity contribution in [2.45, 2.75) is 0 Å². The van der Waals surface area contributed by atoms with Gasteiger partial charge >= 0.3 is 0 Å². The molecule has 10 aromatic rings. The second-order valence-corrected chi connectivity index (χ2v) is 13.8. The minimum atomic E-state index is 1.09. The molecular weight excluding hydrogens is 667 g/mol. The van der Waals surface area contributed by atoms with Gasteiger partial charge in [0.05, 0.1) is 11.0 Å². The molecule has 0 N–H and O–H groups in total. The van der Waals surface area contributed by atoms with Crippen molar-refractivity contribution in [2.75, 3.05) is 9.80 Å². The zero-order chi connectivity index (χ0) is 36.6. The molecule has 0 radical (unpaired) electrons. The first-order chi connectivity index (χ1) is 27.3. The maximum atomic E-state index is 2.39. The molecule has 0 saturated heterocycles. The Balaban J connectivity index is 0.980. The van der Waals surface area contributed by atoms with Crippen LogP contribution in [-0.4, -0.2) is 4.57 Å². The van der Waals surface area contributed by atoms with Crippen LogP contribution in [-0.2, 0) is 0 Å². The fourth-order valence-corrected chi connectivity index (χ4v) is 8.00. The summed E-state index contributed by atoms with van der Waals surface area (Å²) >= 11 is 0. The molecule has 260 valence electrons. The minimum Gasteiger partial charge on any atom is -0.311 e. The van der Waals surface area contributed by atoms with Crippen molar-refractivity contribution >= 4 is 66.7 Å². The zero-order valence-corrected chi connectivity index (χ0v) is 30.2. The van der Waals surface area contributed by atoms with E-state index in [-0.39, 0.29) is 0 Å². The van der Waals surface area contributed by atoms with Crippen LogP contribution in [0.1, 0.15) is 0 Å². The van der Waals surface area contributed by atoms with Crippen LogP contribution in [0.2, 0.25) is 0 Å². The van der Waals surface area contributed by atoms with Crippen LogP contribution < -0.4 is 9.80 Å². The molecule has 0 bridgehead atoms. The van der Waals surface area contributed by atoms with Gasteiger partial charge in [0.2, 0.25) is 0 Å². The molecule has 0 atom stereocenters. The van der Waals surface area contributed by atoms with Crippen LogP contribution in [0.25, 0.3) is 49.4 Å². The van der Waals surface area contributed by atoms with E-state index in [0.717, 1.165) is 39.8 Å². The Bertz CT molecular complexity index is 2840. The molecule has 0 unspecified atom stereocenters. The highest BCUT2D eigenvalue weighted by Gasteiger charge is 2.17. The van der Waals surface area contributed by atoms with Crippen molar-refractivity contribution in [1.82, 2.24) is 4.57 Å². The lowest BCUT2D eigenvalue weighted by Crippen LogP contribution is -2.12. The van der Waals surface area contributed by atoms with Crippen molar-refractivity contribution in [3.63, 3.8) is 0 Å². The van der Waals surface area contributed by atoms with Gasteiger partial charge in [-0.1, -0.05) is 127 Å². The topological polar surface area (TPSA) is 11.4 Å². The van der Waals surface area contributed by atoms with Gasteiger partial charge in [-0.3, -0.25) is 0 Å². The van der Waals surface area contributed by atoms with Crippen LogP contribution in [0, 0.1) is 0 Å². The molecule has 1 aromatic heterocycles. The number of rotatable bonds is 8. The van der Waals surface area contributed by atoms with Gasteiger partial charge in [-0.15, -0.1) is 0 Å². The summed E-state index contributed by atoms with van der Waals surface area (Å²) in [6.07, 6.45) is 0. The Morgan fingerprint density at radius 2 is 0.673 bits per heavy atom. The van der Waals surface area contributed by atoms with E-state index in [9.17, 15) is 0 Å². The van der Waals surface area contributed by atoms with E-state index in [1.807, 2.05) is 0 Å². The van der Waals surface area contributed by atoms with Crippen molar-refractivity contribution in [1.29, 1.82) is 0 Å². The van der Waals surface area contributed by atoms with Gasteiger partial charge in [0, 0.05) is 50.6 Å². The maximum absolute atomic E-state index is 2.39. The van der Waals surface area contributed by atoms with E-state index >= 15 is 0 Å². The van der Waals surface area contributed by atoms with Crippen LogP contribution in [0.15, 0.2) is 224 Å². The quantitative estimate of drug-likeness (QED) is 0.156. The number of aromatic nitrogens is 1. The molecule has 0 aliphatic carbocycles. The highest BCUT2D eigenvalue weighted by atomic mass is 15.2. The molecule has 9 aromatic carbocycles. The molecule has 55 heavy (non-hydrogen) atoms. The van der Waals surface area contributed by atoms with Gasteiger partial charge in [0.25, 0.3) is 0 Å². The molecule has 0 saturated carbocycles. The molecule has 0 aliphatic heterocycles. The summed E-state index contributed by atoms with van der Waals surface area (Å²) in [6, 6.07) is 80.3. The first-order valence-electron chi connectivity index (χ1n) is 18.8. The monoisotopic (exact) mass is 703 g/mol. The summed E-state index contributed by atoms with van der Waals surface area (Å²) in [5, 5.41) is 5.12. The Morgan fingerprint density at radius 3 is 1.20 bits per heavy atom. The van der Waals surface area contributed by atoms with E-state index in [4.69, 9.17) is 0 Å². The first-order valence-corrected chi connectivity index (χ1v) is 18.8. The summed E-state index contributed by atoms with van der Waals surface area (Å²) in [6.45, 7) is 0. The minimum absolute atomic E-state index is 1.09. The molecule has 0 fully saturated rings. The van der Waals surface area contributed by atoms with E-state index in [0.29, 0.717) is 0 Å². The van der Waals surface area contributed by atoms with Gasteiger partial charge in [-0.05, 0) is 119 Å². The third-order valence-corrected chi connectivity index (χ3v) is 10.6. The van der Waals surface area contributed by atoms with Crippen LogP contribution >= 0.6 is 0 Å². The average molecular weight is 704 g/mol. The van der Waals surface area contributed by atoms with E-state index in [2.05, 4.69) is 239 Å². The summed E-state index contributed by atoms with van der Waals surface area (Å²) in [5.41, 5.74) is 12.6. The SMILES string of the molecule is c1ccc(N(c2ccccc2)c2ccc(N(c3ccccc3)c3ccc(-c4ccc(-n5c6ccccc6c6c7ccccc7ccc65)cc4)cc3)cc2)cc1. The fourth-order valence-electron chi connectivity index (χ4n) is 8.00. The number of hydrogen-bond donors (Lipinski definition) is 0. The molecular formula is C52H37N3. The summed E-state index contributed by atoms with van der Waals surface area (Å²) in [5.74, 6) is 0. The van der Waals surface area contributed by atoms with Gasteiger partial charge in [0.15, 0.2) is 0 Å². The van der Waals surface area contributed by atoms with Gasteiger partial charge in [-0.25, -0.2) is 0 Å². The highest BCUT2D eigenvalue weighted by molar-refractivity contribution is 6.21. The molecule has 3 nitrogen and oxygen atoms in total. The van der Waals surface area contributed by atoms with Crippen molar-refractivity contribution in [3.05, 3.63) is 224 Å². The van der Waals surface area contributed by atoms with Crippen molar-refractivity contribution < 1.29 is 0 Å². The molecule has 1 heterocycles. The molecule has 3 heteroatoms. The number of hydrogen-bond acceptors (Lipinski definition) is 2. The first kappa shape index (κ1) is 32.3. The maximum Gasteiger partial charge on any atom is 0.0547 e. The van der Waals surface area contributed by atoms with E-state index < -0.39 is 0 Å². The lowest BCUT2D eigenvalue weighted by molar-refractivity contribution is 1.18. The second-order valence-electron chi connectivity index (χ2n) is 13.8. The largest absolute Gasteiger partial charge is 0.311 e. The summed E-state index contributed by atoms with van der Waals surface area (Å²) in [4.78, 5) is 4.61. The number of fused-ring (bicyclic) bond motifs is 5. The van der Waals surface area contributed by atoms with Crippen LogP contribution in [0.5, 0.6) is 0 Å². The van der Waals surface area contributed by atoms with Crippen molar-refractivity contribution in [3.8, 4) is 16.8 Å². The number of anilines is 6. The number of benzene rings is 9. The predicted molar refractivity (Wildman–Crippen MR) is 233 cm³/mol. The molecule has 0 amide bonds. The summed E-state index contributed by atoms with van der Waals surface area (Å²) in [7, 11) is 0. The third kappa shape index (κ3) is 5.89. The zero-order valence-electron chi connectivity index (χ0n) is 30.2. The van der Waals surface area contributed by atoms with Crippen LogP contribution in [0.3, 0.4) is 0 Å². The highest BCUT2D eigenvalue weighted by Crippen LogP contribution is 2.40. The Labute approximate surface area is 321 Å².